The molecule has 0 unspecified atom stereocenters. The van der Waals surface area contributed by atoms with E-state index in [0.717, 1.165) is 4.88 Å². The molecule has 0 fully saturated rings. The fraction of sp³-hybridized carbons (Fsp3) is 0.385. The van der Waals surface area contributed by atoms with Crippen LogP contribution in [0.5, 0.6) is 0 Å². The summed E-state index contributed by atoms with van der Waals surface area (Å²) in [6.07, 6.45) is 3.18. The van der Waals surface area contributed by atoms with Crippen LogP contribution in [0, 0.1) is 5.41 Å². The Kier molecular flexibility index (Phi) is 4.63. The van der Waals surface area contributed by atoms with Crippen LogP contribution in [0.25, 0.3) is 6.08 Å². The van der Waals surface area contributed by atoms with Crippen molar-refractivity contribution in [2.75, 3.05) is 6.54 Å². The molecule has 0 aliphatic rings. The fourth-order valence-electron chi connectivity index (χ4n) is 1.04. The molecule has 17 heavy (non-hydrogen) atoms. The van der Waals surface area contributed by atoms with Crippen molar-refractivity contribution in [3.8, 4) is 0 Å². The van der Waals surface area contributed by atoms with Gasteiger partial charge in [0.15, 0.2) is 5.78 Å². The molecule has 1 aromatic heterocycles. The lowest BCUT2D eigenvalue weighted by Gasteiger charge is -2.16. The van der Waals surface area contributed by atoms with Gasteiger partial charge in [-0.05, 0) is 17.5 Å². The van der Waals surface area contributed by atoms with E-state index in [2.05, 4.69) is 5.32 Å². The van der Waals surface area contributed by atoms with Crippen molar-refractivity contribution < 1.29 is 9.59 Å². The molecule has 1 heterocycles. The maximum atomic E-state index is 11.6. The van der Waals surface area contributed by atoms with E-state index in [-0.39, 0.29) is 18.2 Å². The standard InChI is InChI=1S/C13H17NO2S/c1-13(2,3)11(15)9-14-12(16)7-6-10-5-4-8-17-10/h4-8H,9H2,1-3H3,(H,14,16)/b7-6+. The van der Waals surface area contributed by atoms with Crippen molar-refractivity contribution in [2.24, 2.45) is 5.41 Å². The van der Waals surface area contributed by atoms with Crippen LogP contribution in [-0.2, 0) is 9.59 Å². The lowest BCUT2D eigenvalue weighted by atomic mass is 9.91. The molecule has 0 atom stereocenters. The van der Waals surface area contributed by atoms with Gasteiger partial charge in [-0.25, -0.2) is 0 Å². The largest absolute Gasteiger partial charge is 0.345 e. The van der Waals surface area contributed by atoms with Crippen LogP contribution in [0.1, 0.15) is 25.6 Å². The number of carbonyl (C=O) groups is 2. The van der Waals surface area contributed by atoms with Crippen LogP contribution in [0.2, 0.25) is 0 Å². The Bertz CT molecular complexity index is 413. The van der Waals surface area contributed by atoms with Crippen molar-refractivity contribution >= 4 is 29.1 Å². The minimum Gasteiger partial charge on any atom is -0.345 e. The highest BCUT2D eigenvalue weighted by Crippen LogP contribution is 2.13. The summed E-state index contributed by atoms with van der Waals surface area (Å²) in [6.45, 7) is 5.59. The van der Waals surface area contributed by atoms with Gasteiger partial charge in [-0.1, -0.05) is 26.8 Å². The maximum absolute atomic E-state index is 11.6. The van der Waals surface area contributed by atoms with Crippen LogP contribution >= 0.6 is 11.3 Å². The van der Waals surface area contributed by atoms with Crippen molar-refractivity contribution in [1.29, 1.82) is 0 Å². The Labute approximate surface area is 106 Å². The number of carbonyl (C=O) groups excluding carboxylic acids is 2. The molecular weight excluding hydrogens is 234 g/mol. The van der Waals surface area contributed by atoms with Gasteiger partial charge in [-0.2, -0.15) is 0 Å². The topological polar surface area (TPSA) is 46.2 Å². The molecule has 3 nitrogen and oxygen atoms in total. The number of Topliss-reactive ketones (excluding diaryl/α,β-unsaturated/α-hetero) is 1. The van der Waals surface area contributed by atoms with E-state index in [1.807, 2.05) is 38.3 Å². The zero-order chi connectivity index (χ0) is 12.9. The zero-order valence-electron chi connectivity index (χ0n) is 10.3. The smallest absolute Gasteiger partial charge is 0.244 e. The summed E-state index contributed by atoms with van der Waals surface area (Å²) in [5, 5.41) is 4.53. The van der Waals surface area contributed by atoms with Gasteiger partial charge < -0.3 is 5.32 Å². The van der Waals surface area contributed by atoms with Crippen LogP contribution in [-0.4, -0.2) is 18.2 Å². The average molecular weight is 251 g/mol. The number of rotatable bonds is 4. The lowest BCUT2D eigenvalue weighted by Crippen LogP contribution is -2.34. The highest BCUT2D eigenvalue weighted by molar-refractivity contribution is 7.10. The van der Waals surface area contributed by atoms with Gasteiger partial charge in [0.1, 0.15) is 0 Å². The third-order valence-corrected chi connectivity index (χ3v) is 3.04. The first kappa shape index (κ1) is 13.6. The second-order valence-electron chi connectivity index (χ2n) is 4.74. The number of ketones is 1. The van der Waals surface area contributed by atoms with Crippen molar-refractivity contribution in [2.45, 2.75) is 20.8 Å². The SMILES string of the molecule is CC(C)(C)C(=O)CNC(=O)/C=C/c1cccs1. The summed E-state index contributed by atoms with van der Waals surface area (Å²) in [4.78, 5) is 24.0. The van der Waals surface area contributed by atoms with Crippen molar-refractivity contribution in [3.05, 3.63) is 28.5 Å². The Morgan fingerprint density at radius 1 is 1.41 bits per heavy atom. The van der Waals surface area contributed by atoms with Gasteiger partial charge in [-0.3, -0.25) is 9.59 Å². The quantitative estimate of drug-likeness (QED) is 0.836. The molecule has 0 aromatic carbocycles. The van der Waals surface area contributed by atoms with E-state index >= 15 is 0 Å². The van der Waals surface area contributed by atoms with E-state index < -0.39 is 5.41 Å². The van der Waals surface area contributed by atoms with E-state index in [1.165, 1.54) is 6.08 Å². The first-order valence-corrected chi connectivity index (χ1v) is 6.30. The van der Waals surface area contributed by atoms with Gasteiger partial charge in [0, 0.05) is 16.4 Å². The van der Waals surface area contributed by atoms with Gasteiger partial charge in [0.05, 0.1) is 6.54 Å². The summed E-state index contributed by atoms with van der Waals surface area (Å²) < 4.78 is 0. The average Bonchev–Trinajstić information content (AvgIpc) is 2.74. The predicted octanol–water partition coefficient (Wildman–Crippen LogP) is 2.49. The molecule has 0 aliphatic carbocycles. The van der Waals surface area contributed by atoms with E-state index in [1.54, 1.807) is 17.4 Å². The summed E-state index contributed by atoms with van der Waals surface area (Å²) >= 11 is 1.56. The highest BCUT2D eigenvalue weighted by atomic mass is 32.1. The molecule has 0 saturated carbocycles. The van der Waals surface area contributed by atoms with Crippen molar-refractivity contribution in [1.82, 2.24) is 5.32 Å². The molecule has 0 spiro atoms. The Morgan fingerprint density at radius 2 is 2.12 bits per heavy atom. The number of thiophene rings is 1. The minimum atomic E-state index is -0.412. The lowest BCUT2D eigenvalue weighted by molar-refractivity contribution is -0.127. The van der Waals surface area contributed by atoms with Gasteiger partial charge in [-0.15, -0.1) is 11.3 Å². The summed E-state index contributed by atoms with van der Waals surface area (Å²) in [6, 6.07) is 3.85. The first-order valence-electron chi connectivity index (χ1n) is 5.42. The molecule has 0 saturated heterocycles. The molecule has 0 bridgehead atoms. The molecule has 1 amide bonds. The van der Waals surface area contributed by atoms with Crippen LogP contribution in [0.4, 0.5) is 0 Å². The van der Waals surface area contributed by atoms with Gasteiger partial charge in [0.2, 0.25) is 5.91 Å². The molecular formula is C13H17NO2S. The molecule has 1 aromatic rings. The number of nitrogens with one attached hydrogen (secondary N) is 1. The molecule has 92 valence electrons. The molecule has 0 aliphatic heterocycles. The number of hydrogen-bond donors (Lipinski definition) is 1. The molecule has 4 heteroatoms. The fourth-order valence-corrected chi connectivity index (χ4v) is 1.65. The molecule has 1 N–H and O–H groups in total. The third kappa shape index (κ3) is 4.95. The van der Waals surface area contributed by atoms with E-state index in [4.69, 9.17) is 0 Å². The van der Waals surface area contributed by atoms with E-state index in [0.29, 0.717) is 0 Å². The van der Waals surface area contributed by atoms with Crippen LogP contribution < -0.4 is 5.32 Å². The summed E-state index contributed by atoms with van der Waals surface area (Å²) in [5.41, 5.74) is -0.412. The van der Waals surface area contributed by atoms with E-state index in [9.17, 15) is 9.59 Å². The highest BCUT2D eigenvalue weighted by Gasteiger charge is 2.20. The second kappa shape index (κ2) is 5.77. The molecule has 0 radical (unpaired) electrons. The Balaban J connectivity index is 2.39. The van der Waals surface area contributed by atoms with Gasteiger partial charge >= 0.3 is 0 Å². The van der Waals surface area contributed by atoms with Crippen molar-refractivity contribution in [3.63, 3.8) is 0 Å². The second-order valence-corrected chi connectivity index (χ2v) is 5.72. The number of hydrogen-bond acceptors (Lipinski definition) is 3. The Morgan fingerprint density at radius 3 is 2.65 bits per heavy atom. The minimum absolute atomic E-state index is 0.0235. The maximum Gasteiger partial charge on any atom is 0.244 e. The number of amides is 1. The zero-order valence-corrected chi connectivity index (χ0v) is 11.1. The normalized spacial score (nSPS) is 11.7. The van der Waals surface area contributed by atoms with Gasteiger partial charge in [0.25, 0.3) is 0 Å². The predicted molar refractivity (Wildman–Crippen MR) is 70.8 cm³/mol. The monoisotopic (exact) mass is 251 g/mol. The first-order chi connectivity index (χ1) is 7.89. The molecule has 1 rings (SSSR count). The van der Waals surface area contributed by atoms with Crippen LogP contribution in [0.15, 0.2) is 23.6 Å². The third-order valence-electron chi connectivity index (χ3n) is 2.20. The summed E-state index contributed by atoms with van der Waals surface area (Å²) in [5.74, 6) is -0.216. The Hall–Kier alpha value is -1.42. The summed E-state index contributed by atoms with van der Waals surface area (Å²) in [7, 11) is 0. The van der Waals surface area contributed by atoms with Crippen LogP contribution in [0.3, 0.4) is 0 Å².